The summed E-state index contributed by atoms with van der Waals surface area (Å²) in [4.78, 5) is 17.1. The zero-order valence-electron chi connectivity index (χ0n) is 21.4. The molecule has 4 N–H and O–H groups in total. The fourth-order valence-corrected chi connectivity index (χ4v) is 5.87. The molecule has 5 aromatic rings. The van der Waals surface area contributed by atoms with Gasteiger partial charge in [0.25, 0.3) is 0 Å². The number of aromatic nitrogens is 2. The summed E-state index contributed by atoms with van der Waals surface area (Å²) in [5, 5.41) is 10.3. The van der Waals surface area contributed by atoms with Crippen molar-refractivity contribution in [3.8, 4) is 11.1 Å². The van der Waals surface area contributed by atoms with Crippen LogP contribution in [0.3, 0.4) is 0 Å². The summed E-state index contributed by atoms with van der Waals surface area (Å²) in [6.45, 7) is 1.42. The van der Waals surface area contributed by atoms with E-state index in [1.165, 1.54) is 0 Å². The molecule has 1 atom stereocenters. The fraction of sp³-hybridized carbons (Fsp3) is 0.188. The van der Waals surface area contributed by atoms with Crippen LogP contribution in [0.5, 0.6) is 0 Å². The van der Waals surface area contributed by atoms with Gasteiger partial charge < -0.3 is 25.7 Å². The van der Waals surface area contributed by atoms with Crippen molar-refractivity contribution in [2.45, 2.75) is 24.9 Å². The summed E-state index contributed by atoms with van der Waals surface area (Å²) in [6.07, 6.45) is 7.68. The molecule has 0 spiro atoms. The van der Waals surface area contributed by atoms with Gasteiger partial charge in [-0.15, -0.1) is 0 Å². The molecule has 1 unspecified atom stereocenters. The van der Waals surface area contributed by atoms with E-state index in [-0.39, 0.29) is 6.04 Å². The highest BCUT2D eigenvalue weighted by Gasteiger charge is 2.27. The monoisotopic (exact) mass is 515 g/mol. The van der Waals surface area contributed by atoms with Crippen LogP contribution in [-0.2, 0) is 9.53 Å². The molecule has 7 rings (SSSR count). The number of nitrogens with one attached hydrogen (secondary N) is 2. The molecule has 1 amide bonds. The molecule has 1 fully saturated rings. The van der Waals surface area contributed by atoms with Crippen molar-refractivity contribution in [3.05, 3.63) is 97.0 Å². The van der Waals surface area contributed by atoms with E-state index in [0.29, 0.717) is 13.2 Å². The number of rotatable bonds is 5. The molecule has 1 saturated heterocycles. The van der Waals surface area contributed by atoms with Crippen LogP contribution in [0.1, 0.15) is 12.8 Å². The van der Waals surface area contributed by atoms with E-state index in [9.17, 15) is 4.79 Å². The van der Waals surface area contributed by atoms with Crippen LogP contribution in [0.15, 0.2) is 97.0 Å². The van der Waals surface area contributed by atoms with Gasteiger partial charge >= 0.3 is 0 Å². The van der Waals surface area contributed by atoms with Crippen molar-refractivity contribution in [3.63, 3.8) is 0 Å². The zero-order chi connectivity index (χ0) is 26.3. The molecule has 0 aliphatic carbocycles. The van der Waals surface area contributed by atoms with Gasteiger partial charge in [-0.3, -0.25) is 9.78 Å². The first-order valence-corrected chi connectivity index (χ1v) is 13.4. The number of pyridine rings is 1. The molecule has 0 bridgehead atoms. The Bertz CT molecular complexity index is 1800. The van der Waals surface area contributed by atoms with Crippen molar-refractivity contribution in [2.75, 3.05) is 13.2 Å². The van der Waals surface area contributed by atoms with Crippen LogP contribution in [0.4, 0.5) is 0 Å². The minimum absolute atomic E-state index is 0.234. The number of primary amides is 1. The summed E-state index contributed by atoms with van der Waals surface area (Å²) >= 11 is 0. The van der Waals surface area contributed by atoms with Gasteiger partial charge in [-0.1, -0.05) is 48.5 Å². The molecule has 2 aromatic heterocycles. The van der Waals surface area contributed by atoms with Crippen LogP contribution in [0, 0.1) is 0 Å². The molecular formula is C32H29N5O2. The number of nitrogens with zero attached hydrogens (tertiary/aromatic N) is 2. The lowest BCUT2D eigenvalue weighted by molar-refractivity contribution is -0.119. The number of nitrogens with two attached hydrogens (primary N) is 1. The third-order valence-electron chi connectivity index (χ3n) is 7.75. The highest BCUT2D eigenvalue weighted by atomic mass is 16.5. The third kappa shape index (κ3) is 4.11. The predicted molar refractivity (Wildman–Crippen MR) is 156 cm³/mol. The minimum Gasteiger partial charge on any atom is -0.383 e. The van der Waals surface area contributed by atoms with E-state index in [1.807, 2.05) is 30.6 Å². The number of carbonyl (C=O) groups excluding carboxylic acids is 1. The Balaban J connectivity index is 1.39. The average molecular weight is 516 g/mol. The second-order valence-electron chi connectivity index (χ2n) is 10.2. The summed E-state index contributed by atoms with van der Waals surface area (Å²) < 4.78 is 7.77. The second-order valence-corrected chi connectivity index (χ2v) is 10.2. The topological polar surface area (TPSA) is 94.2 Å². The van der Waals surface area contributed by atoms with E-state index in [1.54, 1.807) is 0 Å². The first-order valence-electron chi connectivity index (χ1n) is 13.4. The first-order chi connectivity index (χ1) is 19.2. The lowest BCUT2D eigenvalue weighted by Gasteiger charge is -2.30. The highest BCUT2D eigenvalue weighted by molar-refractivity contribution is 6.16. The molecule has 2 aliphatic rings. The van der Waals surface area contributed by atoms with Crippen molar-refractivity contribution in [1.29, 1.82) is 0 Å². The third-order valence-corrected chi connectivity index (χ3v) is 7.75. The Kier molecular flexibility index (Phi) is 5.78. The lowest BCUT2D eigenvalue weighted by atomic mass is 9.99. The molecule has 39 heavy (non-hydrogen) atoms. The van der Waals surface area contributed by atoms with Gasteiger partial charge in [-0.2, -0.15) is 0 Å². The molecule has 7 heteroatoms. The van der Waals surface area contributed by atoms with Crippen LogP contribution < -0.4 is 16.4 Å². The number of para-hydroxylation sites is 2. The molecule has 4 heterocycles. The number of benzene rings is 3. The molecule has 0 radical (unpaired) electrons. The Labute approximate surface area is 226 Å². The maximum atomic E-state index is 12.3. The van der Waals surface area contributed by atoms with Gasteiger partial charge in [0.2, 0.25) is 5.91 Å². The van der Waals surface area contributed by atoms with Crippen molar-refractivity contribution in [1.82, 2.24) is 20.2 Å². The number of amides is 1. The van der Waals surface area contributed by atoms with Gasteiger partial charge in [0.05, 0.1) is 22.2 Å². The number of allylic oxidation sites excluding steroid dienone is 2. The molecule has 0 saturated carbocycles. The largest absolute Gasteiger partial charge is 0.383 e. The molecule has 3 aromatic carbocycles. The number of carbonyl (C=O) groups is 1. The van der Waals surface area contributed by atoms with Crippen LogP contribution in [-0.4, -0.2) is 40.8 Å². The Morgan fingerprint density at radius 1 is 1.00 bits per heavy atom. The van der Waals surface area contributed by atoms with Gasteiger partial charge in [-0.25, -0.2) is 0 Å². The van der Waals surface area contributed by atoms with Crippen molar-refractivity contribution < 1.29 is 9.53 Å². The normalized spacial score (nSPS) is 18.1. The number of dihydropyridines is 1. The Morgan fingerprint density at radius 2 is 1.79 bits per heavy atom. The Hall–Kier alpha value is -4.62. The fourth-order valence-electron chi connectivity index (χ4n) is 5.87. The van der Waals surface area contributed by atoms with E-state index in [0.717, 1.165) is 68.1 Å². The summed E-state index contributed by atoms with van der Waals surface area (Å²) in [5.74, 6) is -0.413. The van der Waals surface area contributed by atoms with E-state index >= 15 is 0 Å². The van der Waals surface area contributed by atoms with Gasteiger partial charge in [0.15, 0.2) is 0 Å². The predicted octanol–water partition coefficient (Wildman–Crippen LogP) is 4.92. The maximum Gasteiger partial charge on any atom is 0.246 e. The standard InChI is InChI=1S/C32H29N5O2/c33-32(38)31-27(36-22-12-14-39-15-13-22)17-23(19-35-31)37-28-10-4-2-7-25(28)30-24(8-5-11-29(30)37)21-16-20-6-1-3-9-26(20)34-18-21/h1-11,16-19,22,31,35-36H,12-15H2,(H2,33,38). The van der Waals surface area contributed by atoms with E-state index < -0.39 is 11.9 Å². The molecule has 2 aliphatic heterocycles. The van der Waals surface area contributed by atoms with Gasteiger partial charge in [0, 0.05) is 59.1 Å². The Morgan fingerprint density at radius 3 is 2.67 bits per heavy atom. The van der Waals surface area contributed by atoms with Crippen molar-refractivity contribution in [2.24, 2.45) is 5.73 Å². The lowest BCUT2D eigenvalue weighted by Crippen LogP contribution is -2.48. The van der Waals surface area contributed by atoms with Gasteiger partial charge in [-0.05, 0) is 48.7 Å². The summed E-state index contributed by atoms with van der Waals surface area (Å²) in [5.41, 5.74) is 12.8. The molecule has 7 nitrogen and oxygen atoms in total. The van der Waals surface area contributed by atoms with Crippen LogP contribution in [0.2, 0.25) is 0 Å². The number of hydrogen-bond donors (Lipinski definition) is 3. The maximum absolute atomic E-state index is 12.3. The smallest absolute Gasteiger partial charge is 0.246 e. The molecule has 194 valence electrons. The first kappa shape index (κ1) is 23.5. The number of hydrogen-bond acceptors (Lipinski definition) is 5. The van der Waals surface area contributed by atoms with E-state index in [4.69, 9.17) is 15.5 Å². The van der Waals surface area contributed by atoms with E-state index in [2.05, 4.69) is 75.9 Å². The van der Waals surface area contributed by atoms with Gasteiger partial charge in [0.1, 0.15) is 6.04 Å². The van der Waals surface area contributed by atoms with Crippen LogP contribution in [0.25, 0.3) is 49.5 Å². The average Bonchev–Trinajstić information content (AvgIpc) is 3.32. The SMILES string of the molecule is NC(=O)C1NC=C(n2c3ccccc3c3c(-c4cnc5ccccc5c4)cccc32)C=C1NC1CCOCC1. The minimum atomic E-state index is -0.607. The zero-order valence-corrected chi connectivity index (χ0v) is 21.4. The van der Waals surface area contributed by atoms with Crippen molar-refractivity contribution >= 4 is 44.3 Å². The quantitative estimate of drug-likeness (QED) is 0.309. The number of fused-ring (bicyclic) bond motifs is 4. The summed E-state index contributed by atoms with van der Waals surface area (Å²) in [7, 11) is 0. The number of ether oxygens (including phenoxy) is 1. The molecular weight excluding hydrogens is 486 g/mol. The highest BCUT2D eigenvalue weighted by Crippen LogP contribution is 2.39. The van der Waals surface area contributed by atoms with Crippen LogP contribution >= 0.6 is 0 Å². The summed E-state index contributed by atoms with van der Waals surface area (Å²) in [6, 6.07) is 24.9. The second kappa shape index (κ2) is 9.60.